The Bertz CT molecular complexity index is 601. The number of aromatic nitrogens is 3. The first-order valence-corrected chi connectivity index (χ1v) is 7.00. The van der Waals surface area contributed by atoms with Gasteiger partial charge >= 0.3 is 5.97 Å². The Hall–Kier alpha value is -1.69. The number of hydrogen-bond donors (Lipinski definition) is 0. The van der Waals surface area contributed by atoms with Gasteiger partial charge in [-0.3, -0.25) is 9.48 Å². The Morgan fingerprint density at radius 1 is 1.47 bits per heavy atom. The second-order valence-electron chi connectivity index (χ2n) is 4.24. The monoisotopic (exact) mass is 279 g/mol. The highest BCUT2D eigenvalue weighted by Gasteiger charge is 2.16. The number of ether oxygens (including phenoxy) is 1. The lowest BCUT2D eigenvalue weighted by atomic mass is 10.1. The van der Waals surface area contributed by atoms with Crippen LogP contribution < -0.4 is 0 Å². The van der Waals surface area contributed by atoms with Crippen LogP contribution >= 0.6 is 11.3 Å². The van der Waals surface area contributed by atoms with Crippen LogP contribution in [0.25, 0.3) is 11.3 Å². The summed E-state index contributed by atoms with van der Waals surface area (Å²) in [5.74, 6) is -0.265. The predicted molar refractivity (Wildman–Crippen MR) is 74.2 cm³/mol. The highest BCUT2D eigenvalue weighted by atomic mass is 32.1. The molecule has 0 fully saturated rings. The zero-order valence-corrected chi connectivity index (χ0v) is 12.4. The fraction of sp³-hybridized carbons (Fsp3) is 0.462. The van der Waals surface area contributed by atoms with Gasteiger partial charge in [0, 0.05) is 23.2 Å². The first kappa shape index (κ1) is 13.7. The third-order valence-electron chi connectivity index (χ3n) is 3.01. The molecule has 0 saturated heterocycles. The number of hydrogen-bond acceptors (Lipinski definition) is 5. The summed E-state index contributed by atoms with van der Waals surface area (Å²) >= 11 is 1.47. The summed E-state index contributed by atoms with van der Waals surface area (Å²) in [4.78, 5) is 15.7. The quantitative estimate of drug-likeness (QED) is 0.806. The minimum absolute atomic E-state index is 0.223. The first-order chi connectivity index (χ1) is 9.06. The number of carbonyl (C=O) groups excluding carboxylic acids is 1. The van der Waals surface area contributed by atoms with Gasteiger partial charge in [0.25, 0.3) is 0 Å². The summed E-state index contributed by atoms with van der Waals surface area (Å²) in [7, 11) is 1.39. The molecule has 5 nitrogen and oxygen atoms in total. The molecule has 0 N–H and O–H groups in total. The van der Waals surface area contributed by atoms with E-state index in [0.29, 0.717) is 0 Å². The highest BCUT2D eigenvalue weighted by Crippen LogP contribution is 2.28. The largest absolute Gasteiger partial charge is 0.469 e. The standard InChI is InChI=1S/C13H17N3O2S/c1-5-16-9(3)13(8(2)15-16)10-7-19-11(14-10)6-12(17)18-4/h7H,5-6H2,1-4H3. The third-order valence-corrected chi connectivity index (χ3v) is 3.86. The fourth-order valence-electron chi connectivity index (χ4n) is 2.08. The molecule has 0 aliphatic rings. The van der Waals surface area contributed by atoms with E-state index in [9.17, 15) is 4.79 Å². The van der Waals surface area contributed by atoms with Crippen molar-refractivity contribution in [1.82, 2.24) is 14.8 Å². The molecule has 0 spiro atoms. The molecule has 2 aromatic heterocycles. The van der Waals surface area contributed by atoms with Crippen LogP contribution in [0, 0.1) is 13.8 Å². The molecular weight excluding hydrogens is 262 g/mol. The zero-order valence-electron chi connectivity index (χ0n) is 11.6. The number of methoxy groups -OCH3 is 1. The van der Waals surface area contributed by atoms with Gasteiger partial charge in [0.1, 0.15) is 5.01 Å². The van der Waals surface area contributed by atoms with E-state index in [2.05, 4.69) is 21.7 Å². The van der Waals surface area contributed by atoms with Crippen molar-refractivity contribution < 1.29 is 9.53 Å². The van der Waals surface area contributed by atoms with E-state index in [-0.39, 0.29) is 12.4 Å². The average Bonchev–Trinajstić information content (AvgIpc) is 2.94. The average molecular weight is 279 g/mol. The molecule has 0 aliphatic heterocycles. The summed E-state index contributed by atoms with van der Waals surface area (Å²) in [5, 5.41) is 7.22. The van der Waals surface area contributed by atoms with Crippen molar-refractivity contribution in [1.29, 1.82) is 0 Å². The van der Waals surface area contributed by atoms with E-state index < -0.39 is 0 Å². The number of esters is 1. The molecule has 0 aliphatic carbocycles. The maximum absolute atomic E-state index is 11.2. The van der Waals surface area contributed by atoms with Crippen LogP contribution in [0.1, 0.15) is 23.3 Å². The van der Waals surface area contributed by atoms with Gasteiger partial charge in [-0.2, -0.15) is 5.10 Å². The zero-order chi connectivity index (χ0) is 14.0. The van der Waals surface area contributed by atoms with Gasteiger partial charge in [-0.15, -0.1) is 11.3 Å². The van der Waals surface area contributed by atoms with Crippen molar-refractivity contribution in [2.24, 2.45) is 0 Å². The molecule has 0 saturated carbocycles. The number of aryl methyl sites for hydroxylation is 2. The smallest absolute Gasteiger partial charge is 0.312 e. The molecule has 2 aromatic rings. The summed E-state index contributed by atoms with van der Waals surface area (Å²) in [6.45, 7) is 6.92. The molecule has 0 aromatic carbocycles. The molecule has 19 heavy (non-hydrogen) atoms. The number of thiazole rings is 1. The van der Waals surface area contributed by atoms with Gasteiger partial charge in [-0.1, -0.05) is 0 Å². The first-order valence-electron chi connectivity index (χ1n) is 6.12. The second kappa shape index (κ2) is 5.52. The summed E-state index contributed by atoms with van der Waals surface area (Å²) in [6, 6.07) is 0. The lowest BCUT2D eigenvalue weighted by Gasteiger charge is -1.99. The van der Waals surface area contributed by atoms with E-state index in [1.54, 1.807) is 0 Å². The fourth-order valence-corrected chi connectivity index (χ4v) is 2.85. The lowest BCUT2D eigenvalue weighted by molar-refractivity contribution is -0.139. The number of carbonyl (C=O) groups is 1. The van der Waals surface area contributed by atoms with Crippen LogP contribution in [-0.2, 0) is 22.5 Å². The topological polar surface area (TPSA) is 57.0 Å². The van der Waals surface area contributed by atoms with Crippen molar-refractivity contribution >= 4 is 17.3 Å². The molecule has 102 valence electrons. The molecule has 0 bridgehead atoms. The van der Waals surface area contributed by atoms with Crippen molar-refractivity contribution in [3.63, 3.8) is 0 Å². The molecule has 0 atom stereocenters. The van der Waals surface area contributed by atoms with E-state index in [1.165, 1.54) is 18.4 Å². The van der Waals surface area contributed by atoms with Crippen molar-refractivity contribution in [3.8, 4) is 11.3 Å². The maximum Gasteiger partial charge on any atom is 0.312 e. The molecule has 6 heteroatoms. The lowest BCUT2D eigenvalue weighted by Crippen LogP contribution is -2.03. The van der Waals surface area contributed by atoms with Gasteiger partial charge in [0.15, 0.2) is 0 Å². The van der Waals surface area contributed by atoms with E-state index in [0.717, 1.165) is 34.2 Å². The van der Waals surface area contributed by atoms with Crippen LogP contribution in [0.2, 0.25) is 0 Å². The van der Waals surface area contributed by atoms with Crippen LogP contribution in [-0.4, -0.2) is 27.8 Å². The van der Waals surface area contributed by atoms with Crippen LogP contribution in [0.3, 0.4) is 0 Å². The van der Waals surface area contributed by atoms with E-state index in [1.807, 2.05) is 23.9 Å². The Kier molecular flexibility index (Phi) is 3.99. The van der Waals surface area contributed by atoms with Gasteiger partial charge in [0.2, 0.25) is 0 Å². The minimum Gasteiger partial charge on any atom is -0.469 e. The highest BCUT2D eigenvalue weighted by molar-refractivity contribution is 7.10. The minimum atomic E-state index is -0.265. The van der Waals surface area contributed by atoms with E-state index in [4.69, 9.17) is 0 Å². The summed E-state index contributed by atoms with van der Waals surface area (Å²) < 4.78 is 6.61. The number of rotatable bonds is 4. The second-order valence-corrected chi connectivity index (χ2v) is 5.18. The van der Waals surface area contributed by atoms with Gasteiger partial charge in [-0.05, 0) is 20.8 Å². The van der Waals surface area contributed by atoms with Crippen molar-refractivity contribution in [3.05, 3.63) is 21.8 Å². The Morgan fingerprint density at radius 3 is 2.79 bits per heavy atom. The molecule has 0 radical (unpaired) electrons. The number of nitrogens with zero attached hydrogens (tertiary/aromatic N) is 3. The molecule has 2 rings (SSSR count). The molecule has 0 unspecified atom stereocenters. The third kappa shape index (κ3) is 2.68. The van der Waals surface area contributed by atoms with Crippen molar-refractivity contribution in [2.75, 3.05) is 7.11 Å². The van der Waals surface area contributed by atoms with Gasteiger partial charge < -0.3 is 4.74 Å². The normalized spacial score (nSPS) is 10.7. The van der Waals surface area contributed by atoms with Crippen LogP contribution in [0.4, 0.5) is 0 Å². The Balaban J connectivity index is 2.33. The molecule has 2 heterocycles. The maximum atomic E-state index is 11.2. The molecular formula is C13H17N3O2S. The molecule has 0 amide bonds. The van der Waals surface area contributed by atoms with E-state index >= 15 is 0 Å². The van der Waals surface area contributed by atoms with Crippen LogP contribution in [0.15, 0.2) is 5.38 Å². The van der Waals surface area contributed by atoms with Gasteiger partial charge in [-0.25, -0.2) is 4.98 Å². The van der Waals surface area contributed by atoms with Gasteiger partial charge in [0.05, 0.1) is 24.9 Å². The Labute approximate surface area is 116 Å². The Morgan fingerprint density at radius 2 is 2.21 bits per heavy atom. The van der Waals surface area contributed by atoms with Crippen LogP contribution in [0.5, 0.6) is 0 Å². The summed E-state index contributed by atoms with van der Waals surface area (Å²) in [5.41, 5.74) is 4.03. The summed E-state index contributed by atoms with van der Waals surface area (Å²) in [6.07, 6.45) is 0.223. The SMILES string of the molecule is CCn1nc(C)c(-c2csc(CC(=O)OC)n2)c1C. The van der Waals surface area contributed by atoms with Crippen molar-refractivity contribution in [2.45, 2.75) is 33.7 Å². The predicted octanol–water partition coefficient (Wildman–Crippen LogP) is 2.36.